The van der Waals surface area contributed by atoms with Crippen molar-refractivity contribution in [1.82, 2.24) is 0 Å². The number of carbonyl (C=O) groups is 2. The first-order valence-corrected chi connectivity index (χ1v) is 11.8. The third-order valence-corrected chi connectivity index (χ3v) is 4.84. The highest BCUT2D eigenvalue weighted by atomic mass is 31.2. The van der Waals surface area contributed by atoms with E-state index in [1.54, 1.807) is 0 Å². The van der Waals surface area contributed by atoms with Gasteiger partial charge in [0.05, 0.1) is 27.7 Å². The zero-order valence-electron chi connectivity index (χ0n) is 18.6. The fourth-order valence-electron chi connectivity index (χ4n) is 2.16. The molecule has 0 saturated carbocycles. The maximum Gasteiger partial charge on any atom is 0.472 e. The van der Waals surface area contributed by atoms with Crippen LogP contribution < -0.4 is 0 Å². The minimum Gasteiger partial charge on any atom is -0.462 e. The summed E-state index contributed by atoms with van der Waals surface area (Å²) in [7, 11) is 1.46. The number of hydrogen-bond donors (Lipinski definition) is 1. The van der Waals surface area contributed by atoms with Crippen molar-refractivity contribution in [2.45, 2.75) is 64.9 Å². The summed E-state index contributed by atoms with van der Waals surface area (Å²) in [6.45, 7) is 3.82. The number of hydrogen-bond acceptors (Lipinski definition) is 7. The van der Waals surface area contributed by atoms with Crippen LogP contribution >= 0.6 is 7.82 Å². The molecule has 0 aromatic rings. The van der Waals surface area contributed by atoms with E-state index in [0.29, 0.717) is 23.9 Å². The maximum atomic E-state index is 12.0. The Bertz CT molecular complexity index is 521. The summed E-state index contributed by atoms with van der Waals surface area (Å²) < 4.78 is 32.8. The summed E-state index contributed by atoms with van der Waals surface area (Å²) in [4.78, 5) is 33.4. The van der Waals surface area contributed by atoms with Crippen LogP contribution in [0.2, 0.25) is 0 Å². The van der Waals surface area contributed by atoms with Crippen molar-refractivity contribution >= 4 is 19.8 Å². The highest BCUT2D eigenvalue weighted by molar-refractivity contribution is 7.47. The van der Waals surface area contributed by atoms with Gasteiger partial charge in [-0.3, -0.25) is 18.6 Å². The van der Waals surface area contributed by atoms with Gasteiger partial charge in [-0.15, -0.1) is 0 Å². The molecule has 0 aliphatic heterocycles. The van der Waals surface area contributed by atoms with E-state index in [0.717, 1.165) is 19.3 Å². The zero-order valence-corrected chi connectivity index (χ0v) is 19.4. The average Bonchev–Trinajstić information content (AvgIpc) is 2.60. The molecule has 2 unspecified atom stereocenters. The summed E-state index contributed by atoms with van der Waals surface area (Å²) in [5.74, 6) is -0.886. The second-order valence-corrected chi connectivity index (χ2v) is 9.42. The molecule has 0 spiro atoms. The van der Waals surface area contributed by atoms with Gasteiger partial charge >= 0.3 is 19.8 Å². The molecule has 0 bridgehead atoms. The van der Waals surface area contributed by atoms with Gasteiger partial charge in [-0.2, -0.15) is 0 Å². The quantitative estimate of drug-likeness (QED) is 0.159. The fourth-order valence-corrected chi connectivity index (χ4v) is 2.91. The normalized spacial score (nSPS) is 14.8. The third kappa shape index (κ3) is 17.6. The van der Waals surface area contributed by atoms with Crippen molar-refractivity contribution in [2.24, 2.45) is 0 Å². The average molecular weight is 440 g/mol. The highest BCUT2D eigenvalue weighted by Gasteiger charge is 2.26. The third-order valence-electron chi connectivity index (χ3n) is 3.86. The van der Waals surface area contributed by atoms with Crippen molar-refractivity contribution in [3.63, 3.8) is 0 Å². The second-order valence-electron chi connectivity index (χ2n) is 7.97. The van der Waals surface area contributed by atoms with Crippen LogP contribution in [-0.2, 0) is 32.7 Å². The monoisotopic (exact) mass is 440 g/mol. The van der Waals surface area contributed by atoms with Gasteiger partial charge in [0.15, 0.2) is 6.10 Å². The predicted molar refractivity (Wildman–Crippen MR) is 109 cm³/mol. The first-order valence-electron chi connectivity index (χ1n) is 10.3. The summed E-state index contributed by atoms with van der Waals surface area (Å²) in [6, 6.07) is 0. The Labute approximate surface area is 174 Å². The minimum absolute atomic E-state index is 0.0324. The van der Waals surface area contributed by atoms with Gasteiger partial charge in [0.1, 0.15) is 19.8 Å². The molecular formula is C19H39NO8P+. The smallest absolute Gasteiger partial charge is 0.462 e. The standard InChI is InChI=1S/C19H38NO8P/c1-6-8-9-10-12-19(22)28-17(15-25-18(21)11-7-2)16-27-29(23,24)26-14-13-20(3,4)5/h17H,6-16H2,1-5H3/p+1. The van der Waals surface area contributed by atoms with E-state index < -0.39 is 32.5 Å². The van der Waals surface area contributed by atoms with E-state index in [9.17, 15) is 19.0 Å². The second kappa shape index (κ2) is 14.9. The molecule has 0 aliphatic rings. The van der Waals surface area contributed by atoms with Crippen molar-refractivity contribution in [2.75, 3.05) is 47.5 Å². The van der Waals surface area contributed by atoms with Crippen LogP contribution in [0, 0.1) is 0 Å². The molecule has 0 aromatic carbocycles. The molecule has 10 heteroatoms. The Kier molecular flexibility index (Phi) is 14.4. The van der Waals surface area contributed by atoms with E-state index in [2.05, 4.69) is 6.92 Å². The van der Waals surface area contributed by atoms with Crippen LogP contribution in [0.3, 0.4) is 0 Å². The van der Waals surface area contributed by atoms with Crippen LogP contribution in [0.1, 0.15) is 58.8 Å². The van der Waals surface area contributed by atoms with Crippen LogP contribution in [-0.4, -0.2) is 74.9 Å². The van der Waals surface area contributed by atoms with E-state index in [1.165, 1.54) is 0 Å². The number of carbonyl (C=O) groups excluding carboxylic acids is 2. The van der Waals surface area contributed by atoms with E-state index >= 15 is 0 Å². The fraction of sp³-hybridized carbons (Fsp3) is 0.895. The van der Waals surface area contributed by atoms with Gasteiger partial charge < -0.3 is 18.9 Å². The lowest BCUT2D eigenvalue weighted by molar-refractivity contribution is -0.870. The molecule has 0 radical (unpaired) electrons. The molecule has 0 amide bonds. The summed E-state index contributed by atoms with van der Waals surface area (Å²) in [5, 5.41) is 0. The maximum absolute atomic E-state index is 12.0. The Morgan fingerprint density at radius 2 is 1.62 bits per heavy atom. The van der Waals surface area contributed by atoms with Crippen LogP contribution in [0.4, 0.5) is 0 Å². The van der Waals surface area contributed by atoms with Gasteiger partial charge in [-0.25, -0.2) is 4.57 Å². The number of phosphoric ester groups is 1. The Morgan fingerprint density at radius 3 is 2.21 bits per heavy atom. The number of unbranched alkanes of at least 4 members (excludes halogenated alkanes) is 3. The number of phosphoric acid groups is 1. The van der Waals surface area contributed by atoms with Crippen LogP contribution in [0.15, 0.2) is 0 Å². The number of likely N-dealkylation sites (N-methyl/N-ethyl adjacent to an activating group) is 1. The molecule has 0 aromatic heterocycles. The molecular weight excluding hydrogens is 401 g/mol. The SMILES string of the molecule is CCCCCCC(=O)OC(COC(=O)CCC)COP(=O)(O)OCC[N+](C)(C)C. The van der Waals surface area contributed by atoms with Gasteiger partial charge in [0, 0.05) is 12.8 Å². The van der Waals surface area contributed by atoms with E-state index in [4.69, 9.17) is 18.5 Å². The lowest BCUT2D eigenvalue weighted by Gasteiger charge is -2.24. The molecule has 2 atom stereocenters. The Morgan fingerprint density at radius 1 is 0.931 bits per heavy atom. The predicted octanol–water partition coefficient (Wildman–Crippen LogP) is 3.05. The van der Waals surface area contributed by atoms with Crippen LogP contribution in [0.25, 0.3) is 0 Å². The van der Waals surface area contributed by atoms with Crippen molar-refractivity contribution in [1.29, 1.82) is 0 Å². The van der Waals surface area contributed by atoms with Crippen molar-refractivity contribution in [3.05, 3.63) is 0 Å². The van der Waals surface area contributed by atoms with Gasteiger partial charge in [-0.1, -0.05) is 33.1 Å². The minimum atomic E-state index is -4.31. The van der Waals surface area contributed by atoms with Crippen molar-refractivity contribution in [3.8, 4) is 0 Å². The van der Waals surface area contributed by atoms with E-state index in [1.807, 2.05) is 28.1 Å². The number of quaternary nitrogens is 1. The summed E-state index contributed by atoms with van der Waals surface area (Å²) in [6.07, 6.45) is 3.83. The lowest BCUT2D eigenvalue weighted by atomic mass is 10.1. The van der Waals surface area contributed by atoms with Gasteiger partial charge in [0.25, 0.3) is 0 Å². The largest absolute Gasteiger partial charge is 0.472 e. The first kappa shape index (κ1) is 28.0. The highest BCUT2D eigenvalue weighted by Crippen LogP contribution is 2.43. The lowest BCUT2D eigenvalue weighted by Crippen LogP contribution is -2.37. The van der Waals surface area contributed by atoms with Crippen LogP contribution in [0.5, 0.6) is 0 Å². The Balaban J connectivity index is 4.60. The number of esters is 2. The first-order chi connectivity index (χ1) is 13.5. The van der Waals surface area contributed by atoms with E-state index in [-0.39, 0.29) is 26.1 Å². The molecule has 0 rings (SSSR count). The molecule has 0 fully saturated rings. The van der Waals surface area contributed by atoms with Gasteiger partial charge in [0.2, 0.25) is 0 Å². The molecule has 1 N–H and O–H groups in total. The number of rotatable bonds is 17. The molecule has 172 valence electrons. The molecule has 0 heterocycles. The summed E-state index contributed by atoms with van der Waals surface area (Å²) in [5.41, 5.74) is 0. The molecule has 29 heavy (non-hydrogen) atoms. The van der Waals surface area contributed by atoms with Gasteiger partial charge in [-0.05, 0) is 12.8 Å². The number of nitrogens with zero attached hydrogens (tertiary/aromatic N) is 1. The molecule has 9 nitrogen and oxygen atoms in total. The Hall–Kier alpha value is -0.990. The topological polar surface area (TPSA) is 108 Å². The summed E-state index contributed by atoms with van der Waals surface area (Å²) >= 11 is 0. The van der Waals surface area contributed by atoms with Crippen molar-refractivity contribution < 1.29 is 42.1 Å². The number of ether oxygens (including phenoxy) is 2. The molecule has 0 saturated heterocycles. The zero-order chi connectivity index (χ0) is 22.3. The molecule has 0 aliphatic carbocycles.